The topological polar surface area (TPSA) is 15.3 Å². The van der Waals surface area contributed by atoms with Crippen molar-refractivity contribution in [3.05, 3.63) is 30.3 Å². The normalized spacial score (nSPS) is 17.3. The van der Waals surface area contributed by atoms with Crippen molar-refractivity contribution in [1.29, 1.82) is 0 Å². The van der Waals surface area contributed by atoms with Gasteiger partial charge in [-0.15, -0.1) is 0 Å². The van der Waals surface area contributed by atoms with Crippen LogP contribution in [-0.2, 0) is 0 Å². The highest BCUT2D eigenvalue weighted by molar-refractivity contribution is 5.45. The minimum atomic E-state index is 0.862. The number of hydrogen-bond acceptors (Lipinski definition) is 2. The molecule has 16 heavy (non-hydrogen) atoms. The van der Waals surface area contributed by atoms with E-state index in [1.807, 2.05) is 0 Å². The van der Waals surface area contributed by atoms with Gasteiger partial charge in [0.15, 0.2) is 0 Å². The fraction of sp³-hybridized carbons (Fsp3) is 0.571. The summed E-state index contributed by atoms with van der Waals surface area (Å²) < 4.78 is 0. The second-order valence-electron chi connectivity index (χ2n) is 4.57. The van der Waals surface area contributed by atoms with Crippen molar-refractivity contribution in [2.75, 3.05) is 31.1 Å². The summed E-state index contributed by atoms with van der Waals surface area (Å²) in [4.78, 5) is 2.50. The summed E-state index contributed by atoms with van der Waals surface area (Å²) in [6.07, 6.45) is 2.65. The molecule has 1 heterocycles. The Balaban J connectivity index is 1.94. The van der Waals surface area contributed by atoms with Crippen LogP contribution in [0, 0.1) is 5.92 Å². The monoisotopic (exact) mass is 218 g/mol. The van der Waals surface area contributed by atoms with Gasteiger partial charge in [-0.25, -0.2) is 0 Å². The zero-order valence-corrected chi connectivity index (χ0v) is 10.2. The van der Waals surface area contributed by atoms with Crippen molar-refractivity contribution in [1.82, 2.24) is 5.32 Å². The van der Waals surface area contributed by atoms with Crippen molar-refractivity contribution in [3.8, 4) is 0 Å². The molecule has 0 saturated carbocycles. The molecule has 1 saturated heterocycles. The maximum atomic E-state index is 3.43. The van der Waals surface area contributed by atoms with Gasteiger partial charge in [0, 0.05) is 18.8 Å². The van der Waals surface area contributed by atoms with Crippen LogP contribution >= 0.6 is 0 Å². The van der Waals surface area contributed by atoms with Gasteiger partial charge >= 0.3 is 0 Å². The molecule has 2 rings (SSSR count). The molecule has 88 valence electrons. The number of nitrogens with zero attached hydrogens (tertiary/aromatic N) is 1. The molecule has 1 aliphatic heterocycles. The van der Waals surface area contributed by atoms with Crippen LogP contribution in [0.4, 0.5) is 5.69 Å². The zero-order valence-electron chi connectivity index (χ0n) is 10.2. The van der Waals surface area contributed by atoms with E-state index in [0.717, 1.165) is 12.5 Å². The molecule has 2 nitrogen and oxygen atoms in total. The summed E-state index contributed by atoms with van der Waals surface area (Å²) in [6.45, 7) is 6.94. The summed E-state index contributed by atoms with van der Waals surface area (Å²) in [5.74, 6) is 0.862. The summed E-state index contributed by atoms with van der Waals surface area (Å²) in [5.41, 5.74) is 1.36. The SMILES string of the molecule is CCN(CC1CCNCC1)c1ccccc1. The number of piperidine rings is 1. The lowest BCUT2D eigenvalue weighted by molar-refractivity contribution is 0.374. The van der Waals surface area contributed by atoms with Gasteiger partial charge < -0.3 is 10.2 Å². The predicted octanol–water partition coefficient (Wildman–Crippen LogP) is 2.51. The van der Waals surface area contributed by atoms with Crippen LogP contribution in [0.25, 0.3) is 0 Å². The predicted molar refractivity (Wildman–Crippen MR) is 69.9 cm³/mol. The largest absolute Gasteiger partial charge is 0.372 e. The molecule has 1 N–H and O–H groups in total. The lowest BCUT2D eigenvalue weighted by atomic mass is 9.97. The van der Waals surface area contributed by atoms with Crippen LogP contribution in [0.1, 0.15) is 19.8 Å². The van der Waals surface area contributed by atoms with Crippen LogP contribution in [0.2, 0.25) is 0 Å². The molecule has 1 aliphatic rings. The first kappa shape index (κ1) is 11.5. The Kier molecular flexibility index (Phi) is 4.23. The van der Waals surface area contributed by atoms with Crippen LogP contribution < -0.4 is 10.2 Å². The average Bonchev–Trinajstić information content (AvgIpc) is 2.38. The first-order valence-electron chi connectivity index (χ1n) is 6.41. The maximum absolute atomic E-state index is 3.43. The number of benzene rings is 1. The van der Waals surface area contributed by atoms with Crippen molar-refractivity contribution in [3.63, 3.8) is 0 Å². The van der Waals surface area contributed by atoms with Crippen molar-refractivity contribution in [2.24, 2.45) is 5.92 Å². The first-order chi connectivity index (χ1) is 7.90. The number of nitrogens with one attached hydrogen (secondary N) is 1. The number of rotatable bonds is 4. The summed E-state index contributed by atoms with van der Waals surface area (Å²) in [7, 11) is 0. The van der Waals surface area contributed by atoms with Gasteiger partial charge in [0.2, 0.25) is 0 Å². The Bertz CT molecular complexity index is 291. The second-order valence-corrected chi connectivity index (χ2v) is 4.57. The van der Waals surface area contributed by atoms with Crippen LogP contribution in [0.3, 0.4) is 0 Å². The molecule has 2 heteroatoms. The van der Waals surface area contributed by atoms with Crippen LogP contribution in [-0.4, -0.2) is 26.2 Å². The van der Waals surface area contributed by atoms with E-state index in [1.165, 1.54) is 38.2 Å². The van der Waals surface area contributed by atoms with E-state index in [0.29, 0.717) is 0 Å². The molecule has 0 bridgehead atoms. The fourth-order valence-electron chi connectivity index (χ4n) is 2.43. The van der Waals surface area contributed by atoms with E-state index >= 15 is 0 Å². The van der Waals surface area contributed by atoms with E-state index in [9.17, 15) is 0 Å². The molecule has 0 unspecified atom stereocenters. The molecular weight excluding hydrogens is 196 g/mol. The lowest BCUT2D eigenvalue weighted by Gasteiger charge is -2.30. The van der Waals surface area contributed by atoms with Crippen molar-refractivity contribution >= 4 is 5.69 Å². The molecule has 1 fully saturated rings. The highest BCUT2D eigenvalue weighted by Gasteiger charge is 2.16. The highest BCUT2D eigenvalue weighted by atomic mass is 15.1. The summed E-state index contributed by atoms with van der Waals surface area (Å²) >= 11 is 0. The highest BCUT2D eigenvalue weighted by Crippen LogP contribution is 2.19. The number of anilines is 1. The maximum Gasteiger partial charge on any atom is 0.0366 e. The van der Waals surface area contributed by atoms with E-state index in [-0.39, 0.29) is 0 Å². The molecule has 1 aromatic rings. The van der Waals surface area contributed by atoms with E-state index < -0.39 is 0 Å². The molecule has 0 spiro atoms. The van der Waals surface area contributed by atoms with Crippen LogP contribution in [0.15, 0.2) is 30.3 Å². The van der Waals surface area contributed by atoms with Gasteiger partial charge in [-0.05, 0) is 50.9 Å². The third-order valence-electron chi connectivity index (χ3n) is 3.44. The van der Waals surface area contributed by atoms with E-state index in [1.54, 1.807) is 0 Å². The molecule has 0 radical (unpaired) electrons. The van der Waals surface area contributed by atoms with Gasteiger partial charge in [0.25, 0.3) is 0 Å². The van der Waals surface area contributed by atoms with Crippen LogP contribution in [0.5, 0.6) is 0 Å². The number of hydrogen-bond donors (Lipinski definition) is 1. The molecular formula is C14H22N2. The second kappa shape index (κ2) is 5.90. The third-order valence-corrected chi connectivity index (χ3v) is 3.44. The average molecular weight is 218 g/mol. The van der Waals surface area contributed by atoms with E-state index in [2.05, 4.69) is 47.5 Å². The van der Waals surface area contributed by atoms with Gasteiger partial charge in [0.1, 0.15) is 0 Å². The Morgan fingerprint density at radius 3 is 2.50 bits per heavy atom. The molecule has 0 aliphatic carbocycles. The Labute approximate surface area is 98.7 Å². The quantitative estimate of drug-likeness (QED) is 0.835. The standard InChI is InChI=1S/C14H22N2/c1-2-16(14-6-4-3-5-7-14)12-13-8-10-15-11-9-13/h3-7,13,15H,2,8-12H2,1H3. The molecule has 0 atom stereocenters. The van der Waals surface area contributed by atoms with E-state index in [4.69, 9.17) is 0 Å². The Hall–Kier alpha value is -1.02. The molecule has 1 aromatic carbocycles. The summed E-state index contributed by atoms with van der Waals surface area (Å²) in [6, 6.07) is 10.8. The molecule has 0 amide bonds. The van der Waals surface area contributed by atoms with Gasteiger partial charge in [-0.1, -0.05) is 18.2 Å². The summed E-state index contributed by atoms with van der Waals surface area (Å²) in [5, 5.41) is 3.43. The Morgan fingerprint density at radius 2 is 1.88 bits per heavy atom. The molecule has 0 aromatic heterocycles. The number of para-hydroxylation sites is 1. The van der Waals surface area contributed by atoms with Crippen molar-refractivity contribution in [2.45, 2.75) is 19.8 Å². The minimum absolute atomic E-state index is 0.862. The minimum Gasteiger partial charge on any atom is -0.372 e. The van der Waals surface area contributed by atoms with Gasteiger partial charge in [0.05, 0.1) is 0 Å². The fourth-order valence-corrected chi connectivity index (χ4v) is 2.43. The van der Waals surface area contributed by atoms with Gasteiger partial charge in [-0.3, -0.25) is 0 Å². The smallest absolute Gasteiger partial charge is 0.0366 e. The Morgan fingerprint density at radius 1 is 1.19 bits per heavy atom. The first-order valence-corrected chi connectivity index (χ1v) is 6.41. The zero-order chi connectivity index (χ0) is 11.2. The van der Waals surface area contributed by atoms with Gasteiger partial charge in [-0.2, -0.15) is 0 Å². The third kappa shape index (κ3) is 2.99. The lowest BCUT2D eigenvalue weighted by Crippen LogP contribution is -2.36. The van der Waals surface area contributed by atoms with Crippen molar-refractivity contribution < 1.29 is 0 Å².